The molecule has 0 bridgehead atoms. The minimum atomic E-state index is -0.385. The molecule has 0 aliphatic heterocycles. The van der Waals surface area contributed by atoms with Gasteiger partial charge in [-0.15, -0.1) is 0 Å². The molecule has 0 saturated heterocycles. The van der Waals surface area contributed by atoms with E-state index in [0.29, 0.717) is 31.0 Å². The third-order valence-electron chi connectivity index (χ3n) is 2.92. The SMILES string of the molecule is CCCn1nc(C)c([N+](=O)[O-])c1NCCc1ncc[nH]1. The lowest BCUT2D eigenvalue weighted by Crippen LogP contribution is -2.12. The van der Waals surface area contributed by atoms with Crippen LogP contribution in [0.25, 0.3) is 0 Å². The molecule has 0 unspecified atom stereocenters. The second-order valence-corrected chi connectivity index (χ2v) is 4.48. The number of hydrogen-bond donors (Lipinski definition) is 2. The molecule has 8 nitrogen and oxygen atoms in total. The van der Waals surface area contributed by atoms with Crippen LogP contribution in [0.15, 0.2) is 12.4 Å². The van der Waals surface area contributed by atoms with E-state index >= 15 is 0 Å². The van der Waals surface area contributed by atoms with Crippen molar-refractivity contribution in [2.75, 3.05) is 11.9 Å². The van der Waals surface area contributed by atoms with E-state index in [1.165, 1.54) is 0 Å². The molecule has 0 aliphatic carbocycles. The van der Waals surface area contributed by atoms with Crippen LogP contribution in [0.4, 0.5) is 11.5 Å². The van der Waals surface area contributed by atoms with Gasteiger partial charge in [0.15, 0.2) is 0 Å². The van der Waals surface area contributed by atoms with Crippen LogP contribution in [0.3, 0.4) is 0 Å². The molecule has 0 radical (unpaired) electrons. The van der Waals surface area contributed by atoms with Crippen molar-refractivity contribution in [2.45, 2.75) is 33.2 Å². The van der Waals surface area contributed by atoms with Crippen molar-refractivity contribution >= 4 is 11.5 Å². The van der Waals surface area contributed by atoms with Gasteiger partial charge in [0.05, 0.1) is 4.92 Å². The van der Waals surface area contributed by atoms with Gasteiger partial charge in [-0.1, -0.05) is 6.92 Å². The quantitative estimate of drug-likeness (QED) is 0.594. The molecule has 2 aromatic rings. The van der Waals surface area contributed by atoms with Crippen LogP contribution >= 0.6 is 0 Å². The van der Waals surface area contributed by atoms with E-state index in [-0.39, 0.29) is 10.6 Å². The van der Waals surface area contributed by atoms with Crippen molar-refractivity contribution < 1.29 is 4.92 Å². The standard InChI is InChI=1S/C12H18N6O2/c1-3-8-17-12(11(18(19)20)9(2)16-17)15-5-4-10-13-6-7-14-10/h6-7,15H,3-5,8H2,1-2H3,(H,13,14). The predicted molar refractivity (Wildman–Crippen MR) is 74.7 cm³/mol. The van der Waals surface area contributed by atoms with Crippen molar-refractivity contribution in [3.05, 3.63) is 34.0 Å². The van der Waals surface area contributed by atoms with Gasteiger partial charge in [0.2, 0.25) is 5.82 Å². The fourth-order valence-corrected chi connectivity index (χ4v) is 2.07. The second kappa shape index (κ2) is 6.18. The molecule has 108 valence electrons. The van der Waals surface area contributed by atoms with Gasteiger partial charge < -0.3 is 10.3 Å². The average molecular weight is 278 g/mol. The number of imidazole rings is 1. The van der Waals surface area contributed by atoms with Crippen LogP contribution in [0, 0.1) is 17.0 Å². The summed E-state index contributed by atoms with van der Waals surface area (Å²) in [5.41, 5.74) is 0.488. The number of nitrogens with one attached hydrogen (secondary N) is 2. The Balaban J connectivity index is 2.13. The van der Waals surface area contributed by atoms with Crippen molar-refractivity contribution in [3.63, 3.8) is 0 Å². The molecule has 0 aromatic carbocycles. The molecule has 0 spiro atoms. The van der Waals surface area contributed by atoms with Crippen LogP contribution < -0.4 is 5.32 Å². The van der Waals surface area contributed by atoms with E-state index in [4.69, 9.17) is 0 Å². The third kappa shape index (κ3) is 2.95. The lowest BCUT2D eigenvalue weighted by atomic mass is 10.3. The smallest absolute Gasteiger partial charge is 0.333 e. The Morgan fingerprint density at radius 3 is 2.95 bits per heavy atom. The second-order valence-electron chi connectivity index (χ2n) is 4.48. The molecule has 2 rings (SSSR count). The maximum atomic E-state index is 11.1. The topological polar surface area (TPSA) is 102 Å². The van der Waals surface area contributed by atoms with Crippen LogP contribution in [0.2, 0.25) is 0 Å². The number of hydrogen-bond acceptors (Lipinski definition) is 5. The Kier molecular flexibility index (Phi) is 4.34. The number of nitrogens with zero attached hydrogens (tertiary/aromatic N) is 4. The minimum absolute atomic E-state index is 0.0536. The lowest BCUT2D eigenvalue weighted by Gasteiger charge is -2.07. The molecule has 0 saturated carbocycles. The molecule has 2 aromatic heterocycles. The number of rotatable bonds is 7. The summed E-state index contributed by atoms with van der Waals surface area (Å²) in [4.78, 5) is 17.9. The minimum Gasteiger partial charge on any atom is -0.364 e. The van der Waals surface area contributed by atoms with Gasteiger partial charge in [-0.2, -0.15) is 5.10 Å². The summed E-state index contributed by atoms with van der Waals surface area (Å²) >= 11 is 0. The van der Waals surface area contributed by atoms with Crippen LogP contribution in [-0.4, -0.2) is 31.2 Å². The lowest BCUT2D eigenvalue weighted by molar-refractivity contribution is -0.384. The molecule has 0 aliphatic rings. The highest BCUT2D eigenvalue weighted by molar-refractivity contribution is 5.59. The van der Waals surface area contributed by atoms with E-state index in [9.17, 15) is 10.1 Å². The van der Waals surface area contributed by atoms with Gasteiger partial charge in [-0.3, -0.25) is 10.1 Å². The molecular formula is C12H18N6O2. The Morgan fingerprint density at radius 2 is 2.35 bits per heavy atom. The molecule has 2 N–H and O–H groups in total. The largest absolute Gasteiger partial charge is 0.364 e. The number of nitro groups is 1. The van der Waals surface area contributed by atoms with Gasteiger partial charge in [-0.05, 0) is 13.3 Å². The van der Waals surface area contributed by atoms with Crippen molar-refractivity contribution in [3.8, 4) is 0 Å². The Morgan fingerprint density at radius 1 is 1.55 bits per heavy atom. The summed E-state index contributed by atoms with van der Waals surface area (Å²) in [6.45, 7) is 4.87. The number of aromatic nitrogens is 4. The number of anilines is 1. The molecule has 8 heteroatoms. The van der Waals surface area contributed by atoms with E-state index < -0.39 is 0 Å². The van der Waals surface area contributed by atoms with Crippen molar-refractivity contribution in [1.82, 2.24) is 19.7 Å². The highest BCUT2D eigenvalue weighted by Gasteiger charge is 2.24. The first kappa shape index (κ1) is 14.0. The monoisotopic (exact) mass is 278 g/mol. The van der Waals surface area contributed by atoms with Crippen molar-refractivity contribution in [2.24, 2.45) is 0 Å². The number of H-pyrrole nitrogens is 1. The Labute approximate surface area is 116 Å². The maximum absolute atomic E-state index is 11.1. The zero-order chi connectivity index (χ0) is 14.5. The van der Waals surface area contributed by atoms with Gasteiger partial charge in [-0.25, -0.2) is 9.67 Å². The first-order valence-corrected chi connectivity index (χ1v) is 6.57. The van der Waals surface area contributed by atoms with Gasteiger partial charge >= 0.3 is 5.69 Å². The van der Waals surface area contributed by atoms with E-state index in [0.717, 1.165) is 12.2 Å². The van der Waals surface area contributed by atoms with E-state index in [2.05, 4.69) is 20.4 Å². The summed E-state index contributed by atoms with van der Waals surface area (Å²) in [6.07, 6.45) is 4.97. The molecule has 2 heterocycles. The summed E-state index contributed by atoms with van der Waals surface area (Å²) in [6, 6.07) is 0. The highest BCUT2D eigenvalue weighted by atomic mass is 16.6. The fourth-order valence-electron chi connectivity index (χ4n) is 2.07. The molecule has 0 atom stereocenters. The summed E-state index contributed by atoms with van der Waals surface area (Å²) < 4.78 is 1.66. The summed E-state index contributed by atoms with van der Waals surface area (Å²) in [5, 5.41) is 18.5. The van der Waals surface area contributed by atoms with Crippen LogP contribution in [0.5, 0.6) is 0 Å². The molecule has 0 fully saturated rings. The number of aromatic amines is 1. The van der Waals surface area contributed by atoms with Gasteiger partial charge in [0.25, 0.3) is 0 Å². The number of aryl methyl sites for hydroxylation is 2. The first-order valence-electron chi connectivity index (χ1n) is 6.57. The fraction of sp³-hybridized carbons (Fsp3) is 0.500. The van der Waals surface area contributed by atoms with Crippen molar-refractivity contribution in [1.29, 1.82) is 0 Å². The molecule has 20 heavy (non-hydrogen) atoms. The van der Waals surface area contributed by atoms with Crippen LogP contribution in [-0.2, 0) is 13.0 Å². The summed E-state index contributed by atoms with van der Waals surface area (Å²) in [7, 11) is 0. The Hall–Kier alpha value is -2.38. The highest BCUT2D eigenvalue weighted by Crippen LogP contribution is 2.28. The molecule has 0 amide bonds. The predicted octanol–water partition coefficient (Wildman–Crippen LogP) is 1.89. The van der Waals surface area contributed by atoms with E-state index in [1.54, 1.807) is 24.0 Å². The van der Waals surface area contributed by atoms with Gasteiger partial charge in [0.1, 0.15) is 11.5 Å². The van der Waals surface area contributed by atoms with E-state index in [1.807, 2.05) is 6.92 Å². The average Bonchev–Trinajstić information content (AvgIpc) is 2.99. The Bertz CT molecular complexity index is 575. The first-order chi connectivity index (χ1) is 9.63. The maximum Gasteiger partial charge on any atom is 0.333 e. The zero-order valence-corrected chi connectivity index (χ0v) is 11.6. The normalized spacial score (nSPS) is 10.7. The summed E-state index contributed by atoms with van der Waals surface area (Å²) in [5.74, 6) is 1.32. The molecular weight excluding hydrogens is 260 g/mol. The van der Waals surface area contributed by atoms with Crippen LogP contribution in [0.1, 0.15) is 24.9 Å². The third-order valence-corrected chi connectivity index (χ3v) is 2.92. The van der Waals surface area contributed by atoms with Gasteiger partial charge in [0, 0.05) is 31.9 Å². The zero-order valence-electron chi connectivity index (χ0n) is 11.6.